The second kappa shape index (κ2) is 9.41. The first-order valence-corrected chi connectivity index (χ1v) is 10.2. The number of anilines is 1. The summed E-state index contributed by atoms with van der Waals surface area (Å²) in [5.74, 6) is -0.524. The number of amides is 1. The van der Waals surface area contributed by atoms with Crippen LogP contribution in [0.15, 0.2) is 48.5 Å². The van der Waals surface area contributed by atoms with Crippen LogP contribution in [0.3, 0.4) is 0 Å². The Morgan fingerprint density at radius 2 is 1.70 bits per heavy atom. The van der Waals surface area contributed by atoms with Crippen LogP contribution >= 0.6 is 0 Å². The van der Waals surface area contributed by atoms with Gasteiger partial charge in [-0.15, -0.1) is 0 Å². The molecule has 1 aliphatic rings. The number of ether oxygens (including phenoxy) is 1. The standard InChI is InChI=1S/C23H27F3N2O2/c1-3-30-21-10-6-18(7-11-21)19-12-14-28(15-13-19)20-8-4-17(5-9-20)16(2)27-22(29)23(24,25)26/h4-11,16,19H,3,12-15H2,1-2H3,(H,27,29)/t16-/m0/s1. The van der Waals surface area contributed by atoms with Gasteiger partial charge in [0.1, 0.15) is 5.75 Å². The van der Waals surface area contributed by atoms with E-state index in [9.17, 15) is 18.0 Å². The van der Waals surface area contributed by atoms with E-state index in [1.807, 2.05) is 36.5 Å². The fraction of sp³-hybridized carbons (Fsp3) is 0.435. The molecule has 0 unspecified atom stereocenters. The minimum atomic E-state index is -4.87. The van der Waals surface area contributed by atoms with Crippen LogP contribution in [0.5, 0.6) is 5.75 Å². The number of alkyl halides is 3. The number of rotatable bonds is 6. The van der Waals surface area contributed by atoms with Crippen molar-refractivity contribution in [2.45, 2.75) is 44.8 Å². The Kier molecular flexibility index (Phi) is 6.90. The van der Waals surface area contributed by atoms with Gasteiger partial charge in [0.15, 0.2) is 0 Å². The summed E-state index contributed by atoms with van der Waals surface area (Å²) in [6.07, 6.45) is -2.80. The van der Waals surface area contributed by atoms with Gasteiger partial charge in [-0.2, -0.15) is 13.2 Å². The molecule has 0 spiro atoms. The molecule has 7 heteroatoms. The monoisotopic (exact) mass is 420 g/mol. The number of nitrogens with one attached hydrogen (secondary N) is 1. The lowest BCUT2D eigenvalue weighted by Gasteiger charge is -2.34. The lowest BCUT2D eigenvalue weighted by atomic mass is 9.89. The molecule has 0 bridgehead atoms. The second-order valence-corrected chi connectivity index (χ2v) is 7.55. The van der Waals surface area contributed by atoms with Gasteiger partial charge in [0.25, 0.3) is 0 Å². The average molecular weight is 420 g/mol. The van der Waals surface area contributed by atoms with Gasteiger partial charge >= 0.3 is 12.1 Å². The van der Waals surface area contributed by atoms with Crippen molar-refractivity contribution < 1.29 is 22.7 Å². The highest BCUT2D eigenvalue weighted by Gasteiger charge is 2.39. The van der Waals surface area contributed by atoms with E-state index < -0.39 is 18.1 Å². The van der Waals surface area contributed by atoms with Crippen LogP contribution in [-0.2, 0) is 4.79 Å². The molecule has 1 N–H and O–H groups in total. The van der Waals surface area contributed by atoms with Crippen LogP contribution in [-0.4, -0.2) is 31.8 Å². The van der Waals surface area contributed by atoms with Gasteiger partial charge < -0.3 is 15.0 Å². The van der Waals surface area contributed by atoms with Gasteiger partial charge in [0, 0.05) is 18.8 Å². The average Bonchev–Trinajstić information content (AvgIpc) is 2.74. The lowest BCUT2D eigenvalue weighted by molar-refractivity contribution is -0.174. The van der Waals surface area contributed by atoms with Crippen LogP contribution < -0.4 is 15.0 Å². The largest absolute Gasteiger partial charge is 0.494 e. The molecule has 3 rings (SSSR count). The molecule has 0 saturated carbocycles. The van der Waals surface area contributed by atoms with Crippen molar-refractivity contribution in [2.75, 3.05) is 24.6 Å². The fourth-order valence-corrected chi connectivity index (χ4v) is 3.81. The zero-order chi connectivity index (χ0) is 21.7. The zero-order valence-corrected chi connectivity index (χ0v) is 17.2. The van der Waals surface area contributed by atoms with Crippen LogP contribution in [0.1, 0.15) is 49.8 Å². The molecule has 1 fully saturated rings. The van der Waals surface area contributed by atoms with E-state index in [1.54, 1.807) is 19.1 Å². The normalized spacial score (nSPS) is 16.2. The van der Waals surface area contributed by atoms with Crippen molar-refractivity contribution in [3.8, 4) is 5.75 Å². The van der Waals surface area contributed by atoms with Crippen LogP contribution in [0.2, 0.25) is 0 Å². The minimum absolute atomic E-state index is 0.508. The van der Waals surface area contributed by atoms with E-state index in [0.29, 0.717) is 18.1 Å². The molecule has 1 atom stereocenters. The van der Waals surface area contributed by atoms with Gasteiger partial charge in [-0.1, -0.05) is 24.3 Å². The summed E-state index contributed by atoms with van der Waals surface area (Å²) in [6, 6.07) is 15.0. The van der Waals surface area contributed by atoms with Gasteiger partial charge in [-0.25, -0.2) is 0 Å². The Morgan fingerprint density at radius 1 is 1.10 bits per heavy atom. The highest BCUT2D eigenvalue weighted by Crippen LogP contribution is 2.32. The number of halogens is 3. The number of carbonyl (C=O) groups excluding carboxylic acids is 1. The minimum Gasteiger partial charge on any atom is -0.494 e. The van der Waals surface area contributed by atoms with Gasteiger partial charge in [0.2, 0.25) is 0 Å². The number of hydrogen-bond acceptors (Lipinski definition) is 3. The van der Waals surface area contributed by atoms with Gasteiger partial charge in [0.05, 0.1) is 12.6 Å². The molecular weight excluding hydrogens is 393 g/mol. The van der Waals surface area contributed by atoms with Crippen molar-refractivity contribution in [1.29, 1.82) is 0 Å². The molecule has 4 nitrogen and oxygen atoms in total. The SMILES string of the molecule is CCOc1ccc(C2CCN(c3ccc([C@H](C)NC(=O)C(F)(F)F)cc3)CC2)cc1. The summed E-state index contributed by atoms with van der Waals surface area (Å²) in [5.41, 5.74) is 3.00. The Morgan fingerprint density at radius 3 is 2.23 bits per heavy atom. The summed E-state index contributed by atoms with van der Waals surface area (Å²) in [5, 5.41) is 1.98. The van der Waals surface area contributed by atoms with Crippen molar-refractivity contribution in [3.63, 3.8) is 0 Å². The highest BCUT2D eigenvalue weighted by molar-refractivity contribution is 5.82. The topological polar surface area (TPSA) is 41.6 Å². The summed E-state index contributed by atoms with van der Waals surface area (Å²) in [7, 11) is 0. The molecule has 2 aromatic rings. The van der Waals surface area contributed by atoms with Crippen molar-refractivity contribution in [1.82, 2.24) is 5.32 Å². The molecule has 162 valence electrons. The molecule has 1 heterocycles. The summed E-state index contributed by atoms with van der Waals surface area (Å²) >= 11 is 0. The molecule has 0 aliphatic carbocycles. The maximum atomic E-state index is 12.4. The molecule has 2 aromatic carbocycles. The first-order valence-electron chi connectivity index (χ1n) is 10.2. The predicted octanol–water partition coefficient (Wildman–Crippen LogP) is 5.21. The summed E-state index contributed by atoms with van der Waals surface area (Å²) < 4.78 is 42.7. The molecule has 30 heavy (non-hydrogen) atoms. The number of benzene rings is 2. The maximum absolute atomic E-state index is 12.4. The van der Waals surface area contributed by atoms with E-state index in [-0.39, 0.29) is 0 Å². The Balaban J connectivity index is 1.55. The molecule has 1 aliphatic heterocycles. The van der Waals surface area contributed by atoms with Crippen molar-refractivity contribution in [3.05, 3.63) is 59.7 Å². The first kappa shape index (κ1) is 22.0. The van der Waals surface area contributed by atoms with E-state index in [2.05, 4.69) is 17.0 Å². The fourth-order valence-electron chi connectivity index (χ4n) is 3.81. The Hall–Kier alpha value is -2.70. The molecule has 0 aromatic heterocycles. The van der Waals surface area contributed by atoms with Gasteiger partial charge in [-0.05, 0) is 68.0 Å². The third kappa shape index (κ3) is 5.46. The smallest absolute Gasteiger partial charge is 0.471 e. The summed E-state index contributed by atoms with van der Waals surface area (Å²) in [4.78, 5) is 13.4. The number of nitrogens with zero attached hydrogens (tertiary/aromatic N) is 1. The second-order valence-electron chi connectivity index (χ2n) is 7.55. The van der Waals surface area contributed by atoms with Gasteiger partial charge in [-0.3, -0.25) is 4.79 Å². The zero-order valence-electron chi connectivity index (χ0n) is 17.2. The van der Waals surface area contributed by atoms with Crippen LogP contribution in [0.4, 0.5) is 18.9 Å². The lowest BCUT2D eigenvalue weighted by Crippen LogP contribution is -2.38. The van der Waals surface area contributed by atoms with Crippen LogP contribution in [0, 0.1) is 0 Å². The Labute approximate surface area is 175 Å². The quantitative estimate of drug-likeness (QED) is 0.698. The van der Waals surface area contributed by atoms with Crippen molar-refractivity contribution in [2.24, 2.45) is 0 Å². The third-order valence-electron chi connectivity index (χ3n) is 5.52. The van der Waals surface area contributed by atoms with E-state index in [4.69, 9.17) is 4.74 Å². The number of piperidine rings is 1. The highest BCUT2D eigenvalue weighted by atomic mass is 19.4. The molecule has 1 amide bonds. The predicted molar refractivity (Wildman–Crippen MR) is 111 cm³/mol. The number of carbonyl (C=O) groups is 1. The third-order valence-corrected chi connectivity index (χ3v) is 5.52. The molecule has 0 radical (unpaired) electrons. The first-order chi connectivity index (χ1) is 14.3. The van der Waals surface area contributed by atoms with Crippen molar-refractivity contribution >= 4 is 11.6 Å². The van der Waals surface area contributed by atoms with E-state index in [0.717, 1.165) is 37.4 Å². The molecular formula is C23H27F3N2O2. The maximum Gasteiger partial charge on any atom is 0.471 e. The Bertz CT molecular complexity index is 827. The molecule has 1 saturated heterocycles. The van der Waals surface area contributed by atoms with E-state index >= 15 is 0 Å². The van der Waals surface area contributed by atoms with Crippen LogP contribution in [0.25, 0.3) is 0 Å². The summed E-state index contributed by atoms with van der Waals surface area (Å²) in [6.45, 7) is 6.00. The van der Waals surface area contributed by atoms with E-state index in [1.165, 1.54) is 5.56 Å². The number of hydrogen-bond donors (Lipinski definition) is 1.